The van der Waals surface area contributed by atoms with E-state index in [1.165, 1.54) is 0 Å². The van der Waals surface area contributed by atoms with Gasteiger partial charge in [0.05, 0.1) is 11.9 Å². The fraction of sp³-hybridized carbons (Fsp3) is 0.562. The van der Waals surface area contributed by atoms with E-state index in [9.17, 15) is 9.59 Å². The first-order valence-electron chi connectivity index (χ1n) is 7.94. The summed E-state index contributed by atoms with van der Waals surface area (Å²) in [6, 6.07) is 3.60. The van der Waals surface area contributed by atoms with E-state index in [0.717, 1.165) is 32.1 Å². The van der Waals surface area contributed by atoms with Crippen LogP contribution in [0.1, 0.15) is 38.5 Å². The number of carbonyl (C=O) groups is 2. The van der Waals surface area contributed by atoms with E-state index in [0.29, 0.717) is 17.9 Å². The van der Waals surface area contributed by atoms with Crippen LogP contribution in [0.3, 0.4) is 0 Å². The van der Waals surface area contributed by atoms with Crippen molar-refractivity contribution >= 4 is 48.1 Å². The zero-order valence-electron chi connectivity index (χ0n) is 13.4. The predicted molar refractivity (Wildman–Crippen MR) is 98.6 cm³/mol. The van der Waals surface area contributed by atoms with Gasteiger partial charge in [0.1, 0.15) is 5.82 Å². The van der Waals surface area contributed by atoms with Gasteiger partial charge in [-0.1, -0.05) is 6.42 Å². The molecule has 1 heterocycles. The summed E-state index contributed by atoms with van der Waals surface area (Å²) in [5, 5.41) is 5.60. The van der Waals surface area contributed by atoms with Crippen molar-refractivity contribution < 1.29 is 9.59 Å². The van der Waals surface area contributed by atoms with Crippen molar-refractivity contribution in [3.63, 3.8) is 0 Å². The highest BCUT2D eigenvalue weighted by Crippen LogP contribution is 2.30. The molecule has 2 amide bonds. The Morgan fingerprint density at radius 3 is 2.42 bits per heavy atom. The van der Waals surface area contributed by atoms with E-state index in [2.05, 4.69) is 15.6 Å². The van der Waals surface area contributed by atoms with Gasteiger partial charge in [-0.2, -0.15) is 0 Å². The monoisotopic (exact) mass is 374 g/mol. The van der Waals surface area contributed by atoms with Crippen molar-refractivity contribution in [3.8, 4) is 0 Å². The third-order valence-electron chi connectivity index (χ3n) is 4.41. The third-order valence-corrected chi connectivity index (χ3v) is 4.41. The number of halogens is 2. The molecule has 0 spiro atoms. The van der Waals surface area contributed by atoms with E-state index < -0.39 is 0 Å². The lowest BCUT2D eigenvalue weighted by Gasteiger charge is -2.14. The Balaban J connectivity index is 0.00000144. The first kappa shape index (κ1) is 20.7. The summed E-state index contributed by atoms with van der Waals surface area (Å²) in [6.07, 6.45) is 7.09. The maximum absolute atomic E-state index is 12.0. The molecule has 2 atom stereocenters. The van der Waals surface area contributed by atoms with Gasteiger partial charge in [-0.3, -0.25) is 9.59 Å². The predicted octanol–water partition coefficient (Wildman–Crippen LogP) is 2.73. The SMILES string of the molecule is Cl.Cl.N[C@@H]1CCC[C@H]1CC(=O)Nc1ccc(NC(=O)C2CC2)nc1. The number of hydrogen-bond acceptors (Lipinski definition) is 4. The van der Waals surface area contributed by atoms with Crippen molar-refractivity contribution in [2.24, 2.45) is 17.6 Å². The Morgan fingerprint density at radius 1 is 1.12 bits per heavy atom. The fourth-order valence-electron chi connectivity index (χ4n) is 2.88. The molecule has 6 nitrogen and oxygen atoms in total. The number of nitrogens with one attached hydrogen (secondary N) is 2. The Bertz CT molecular complexity index is 564. The third kappa shape index (κ3) is 5.61. The molecule has 1 aromatic rings. The summed E-state index contributed by atoms with van der Waals surface area (Å²) in [7, 11) is 0. The number of nitrogens with zero attached hydrogens (tertiary/aromatic N) is 1. The van der Waals surface area contributed by atoms with Crippen molar-refractivity contribution in [1.82, 2.24) is 4.98 Å². The van der Waals surface area contributed by atoms with Crippen LogP contribution >= 0.6 is 24.8 Å². The maximum Gasteiger partial charge on any atom is 0.228 e. The molecule has 24 heavy (non-hydrogen) atoms. The topological polar surface area (TPSA) is 97.1 Å². The molecule has 2 aliphatic carbocycles. The molecule has 2 saturated carbocycles. The molecule has 2 fully saturated rings. The second kappa shape index (κ2) is 9.20. The number of carbonyl (C=O) groups excluding carboxylic acids is 2. The molecule has 0 radical (unpaired) electrons. The molecule has 0 bridgehead atoms. The number of aromatic nitrogens is 1. The minimum Gasteiger partial charge on any atom is -0.327 e. The quantitative estimate of drug-likeness (QED) is 0.737. The average Bonchev–Trinajstić information content (AvgIpc) is 3.27. The van der Waals surface area contributed by atoms with Gasteiger partial charge in [-0.25, -0.2) is 4.98 Å². The van der Waals surface area contributed by atoms with Crippen molar-refractivity contribution in [1.29, 1.82) is 0 Å². The Hall–Kier alpha value is -1.37. The van der Waals surface area contributed by atoms with Gasteiger partial charge < -0.3 is 16.4 Å². The van der Waals surface area contributed by atoms with E-state index in [-0.39, 0.29) is 54.5 Å². The average molecular weight is 375 g/mol. The summed E-state index contributed by atoms with van der Waals surface area (Å²) >= 11 is 0. The van der Waals surface area contributed by atoms with Crippen LogP contribution in [0.2, 0.25) is 0 Å². The minimum absolute atomic E-state index is 0. The van der Waals surface area contributed by atoms with E-state index in [1.54, 1.807) is 18.3 Å². The van der Waals surface area contributed by atoms with Crippen LogP contribution in [-0.2, 0) is 9.59 Å². The Morgan fingerprint density at radius 2 is 1.88 bits per heavy atom. The number of pyridine rings is 1. The van der Waals surface area contributed by atoms with Gasteiger partial charge in [0.15, 0.2) is 0 Å². The van der Waals surface area contributed by atoms with Gasteiger partial charge in [0.25, 0.3) is 0 Å². The van der Waals surface area contributed by atoms with Crippen LogP contribution in [0, 0.1) is 11.8 Å². The van der Waals surface area contributed by atoms with Gasteiger partial charge in [-0.15, -0.1) is 24.8 Å². The summed E-state index contributed by atoms with van der Waals surface area (Å²) in [5.74, 6) is 0.952. The zero-order chi connectivity index (χ0) is 15.5. The summed E-state index contributed by atoms with van der Waals surface area (Å²) < 4.78 is 0. The second-order valence-corrected chi connectivity index (χ2v) is 6.30. The molecule has 0 aliphatic heterocycles. The first-order valence-corrected chi connectivity index (χ1v) is 7.94. The van der Waals surface area contributed by atoms with Crippen molar-refractivity contribution in [3.05, 3.63) is 18.3 Å². The van der Waals surface area contributed by atoms with E-state index >= 15 is 0 Å². The number of rotatable bonds is 5. The number of nitrogens with two attached hydrogens (primary N) is 1. The molecule has 4 N–H and O–H groups in total. The molecule has 2 aliphatic rings. The Kier molecular flexibility index (Phi) is 7.93. The molecule has 3 rings (SSSR count). The first-order chi connectivity index (χ1) is 10.6. The maximum atomic E-state index is 12.0. The highest BCUT2D eigenvalue weighted by atomic mass is 35.5. The normalized spacial score (nSPS) is 22.0. The molecule has 134 valence electrons. The van der Waals surface area contributed by atoms with Crippen LogP contribution in [0.25, 0.3) is 0 Å². The largest absolute Gasteiger partial charge is 0.327 e. The van der Waals surface area contributed by atoms with Crippen molar-refractivity contribution in [2.45, 2.75) is 44.6 Å². The number of hydrogen-bond donors (Lipinski definition) is 3. The van der Waals surface area contributed by atoms with Gasteiger partial charge in [0.2, 0.25) is 11.8 Å². The second-order valence-electron chi connectivity index (χ2n) is 6.30. The molecular formula is C16H24Cl2N4O2. The lowest BCUT2D eigenvalue weighted by atomic mass is 10.00. The minimum atomic E-state index is -0.0288. The summed E-state index contributed by atoms with van der Waals surface area (Å²) in [4.78, 5) is 27.8. The number of amides is 2. The lowest BCUT2D eigenvalue weighted by Crippen LogP contribution is -2.28. The molecule has 0 aromatic carbocycles. The highest BCUT2D eigenvalue weighted by molar-refractivity contribution is 5.94. The smallest absolute Gasteiger partial charge is 0.228 e. The van der Waals surface area contributed by atoms with Gasteiger partial charge in [0, 0.05) is 18.4 Å². The van der Waals surface area contributed by atoms with Crippen molar-refractivity contribution in [2.75, 3.05) is 10.6 Å². The van der Waals surface area contributed by atoms with E-state index in [4.69, 9.17) is 5.73 Å². The summed E-state index contributed by atoms with van der Waals surface area (Å²) in [5.41, 5.74) is 6.62. The molecular weight excluding hydrogens is 351 g/mol. The van der Waals surface area contributed by atoms with Crippen LogP contribution in [-0.4, -0.2) is 22.8 Å². The van der Waals surface area contributed by atoms with Gasteiger partial charge >= 0.3 is 0 Å². The zero-order valence-corrected chi connectivity index (χ0v) is 15.0. The van der Waals surface area contributed by atoms with E-state index in [1.807, 2.05) is 0 Å². The lowest BCUT2D eigenvalue weighted by molar-refractivity contribution is -0.118. The highest BCUT2D eigenvalue weighted by Gasteiger charge is 2.29. The molecule has 1 aromatic heterocycles. The van der Waals surface area contributed by atoms with Crippen LogP contribution < -0.4 is 16.4 Å². The molecule has 8 heteroatoms. The fourth-order valence-corrected chi connectivity index (χ4v) is 2.88. The van der Waals surface area contributed by atoms with Crippen LogP contribution in [0.15, 0.2) is 18.3 Å². The Labute approximate surface area is 154 Å². The van der Waals surface area contributed by atoms with Crippen LogP contribution in [0.5, 0.6) is 0 Å². The molecule has 0 unspecified atom stereocenters. The summed E-state index contributed by atoms with van der Waals surface area (Å²) in [6.45, 7) is 0. The standard InChI is InChI=1S/C16H22N4O2.2ClH/c17-13-3-1-2-11(13)8-15(21)19-12-6-7-14(18-9-12)20-16(22)10-4-5-10;;/h6-7,9-11,13H,1-5,8,17H2,(H,19,21)(H,18,20,22);2*1H/t11-,13+;;/m0../s1. The van der Waals surface area contributed by atoms with Gasteiger partial charge in [-0.05, 0) is 43.7 Å². The van der Waals surface area contributed by atoms with Crippen LogP contribution in [0.4, 0.5) is 11.5 Å². The number of anilines is 2. The molecule has 0 saturated heterocycles.